The number of piperidine rings is 1. The summed E-state index contributed by atoms with van der Waals surface area (Å²) in [5, 5.41) is 10.3. The lowest BCUT2D eigenvalue weighted by atomic mass is 9.95. The van der Waals surface area contributed by atoms with E-state index in [1.807, 2.05) is 16.5 Å². The number of carbonyl (C=O) groups excluding carboxylic acids is 1. The molecule has 0 radical (unpaired) electrons. The molecule has 5 nitrogen and oxygen atoms in total. The molecule has 1 amide bonds. The molecule has 3 aromatic heterocycles. The average Bonchev–Trinajstić information content (AvgIpc) is 3.25. The normalized spacial score (nSPS) is 16.3. The van der Waals surface area contributed by atoms with E-state index in [1.54, 1.807) is 29.0 Å². The zero-order valence-electron chi connectivity index (χ0n) is 13.2. The van der Waals surface area contributed by atoms with Gasteiger partial charge in [0.2, 0.25) is 0 Å². The summed E-state index contributed by atoms with van der Waals surface area (Å²) in [6.07, 6.45) is 3.66. The van der Waals surface area contributed by atoms with E-state index in [4.69, 9.17) is 0 Å². The molecule has 0 bridgehead atoms. The second-order valence-corrected chi connectivity index (χ2v) is 8.00. The number of hydrogen-bond donors (Lipinski definition) is 0. The summed E-state index contributed by atoms with van der Waals surface area (Å²) in [4.78, 5) is 15.8. The molecular weight excluding hydrogens is 328 g/mol. The summed E-state index contributed by atoms with van der Waals surface area (Å²) >= 11 is 3.35. The Morgan fingerprint density at radius 1 is 1.35 bits per heavy atom. The number of thiophene rings is 2. The highest BCUT2D eigenvalue weighted by molar-refractivity contribution is 7.28. The van der Waals surface area contributed by atoms with Crippen LogP contribution in [0.15, 0.2) is 17.8 Å². The first-order chi connectivity index (χ1) is 11.1. The minimum absolute atomic E-state index is 0.187. The lowest BCUT2D eigenvalue weighted by Gasteiger charge is -2.31. The second-order valence-electron chi connectivity index (χ2n) is 6.04. The Kier molecular flexibility index (Phi) is 3.69. The fraction of sp³-hybridized carbons (Fsp3) is 0.438. The molecule has 0 spiro atoms. The smallest absolute Gasteiger partial charge is 0.264 e. The summed E-state index contributed by atoms with van der Waals surface area (Å²) in [6, 6.07) is 2.11. The quantitative estimate of drug-likeness (QED) is 0.714. The third-order valence-corrected chi connectivity index (χ3v) is 7.02. The van der Waals surface area contributed by atoms with E-state index in [0.29, 0.717) is 5.92 Å². The fourth-order valence-corrected chi connectivity index (χ4v) is 5.59. The molecule has 3 aromatic rings. The molecule has 4 rings (SSSR count). The van der Waals surface area contributed by atoms with Crippen LogP contribution in [0.25, 0.3) is 9.40 Å². The number of likely N-dealkylation sites (tertiary alicyclic amines) is 1. The Morgan fingerprint density at radius 3 is 2.78 bits per heavy atom. The van der Waals surface area contributed by atoms with Crippen molar-refractivity contribution in [3.05, 3.63) is 34.0 Å². The Balaban J connectivity index is 1.49. The van der Waals surface area contributed by atoms with Gasteiger partial charge < -0.3 is 9.47 Å². The summed E-state index contributed by atoms with van der Waals surface area (Å²) in [6.45, 7) is 3.65. The van der Waals surface area contributed by atoms with Crippen LogP contribution >= 0.6 is 22.7 Å². The summed E-state index contributed by atoms with van der Waals surface area (Å²) in [5.41, 5.74) is 1.14. The maximum absolute atomic E-state index is 12.9. The van der Waals surface area contributed by atoms with Gasteiger partial charge in [-0.05, 0) is 36.8 Å². The van der Waals surface area contributed by atoms with Crippen LogP contribution in [0.3, 0.4) is 0 Å². The maximum Gasteiger partial charge on any atom is 0.264 e. The van der Waals surface area contributed by atoms with Crippen molar-refractivity contribution in [2.75, 3.05) is 13.1 Å². The molecular formula is C16H18N4OS2. The van der Waals surface area contributed by atoms with Crippen LogP contribution in [0, 0.1) is 6.92 Å². The van der Waals surface area contributed by atoms with Crippen LogP contribution in [-0.4, -0.2) is 38.7 Å². The molecule has 0 unspecified atom stereocenters. The zero-order chi connectivity index (χ0) is 16.0. The number of aryl methyl sites for hydroxylation is 2. The van der Waals surface area contributed by atoms with Gasteiger partial charge in [-0.2, -0.15) is 0 Å². The van der Waals surface area contributed by atoms with Gasteiger partial charge in [0.25, 0.3) is 5.91 Å². The molecule has 0 saturated carbocycles. The first-order valence-corrected chi connectivity index (χ1v) is 9.44. The molecule has 0 aliphatic carbocycles. The van der Waals surface area contributed by atoms with Crippen molar-refractivity contribution in [2.24, 2.45) is 7.05 Å². The molecule has 1 saturated heterocycles. The van der Waals surface area contributed by atoms with Gasteiger partial charge in [-0.25, -0.2) is 0 Å². The van der Waals surface area contributed by atoms with Crippen LogP contribution in [0.1, 0.15) is 39.8 Å². The van der Waals surface area contributed by atoms with E-state index < -0.39 is 0 Å². The van der Waals surface area contributed by atoms with Crippen LogP contribution in [0.2, 0.25) is 0 Å². The van der Waals surface area contributed by atoms with Crippen molar-refractivity contribution in [3.63, 3.8) is 0 Å². The number of carbonyl (C=O) groups is 1. The Labute approximate surface area is 142 Å². The van der Waals surface area contributed by atoms with Crippen LogP contribution in [0.5, 0.6) is 0 Å². The Hall–Kier alpha value is -1.73. The zero-order valence-corrected chi connectivity index (χ0v) is 14.8. The van der Waals surface area contributed by atoms with Gasteiger partial charge in [-0.3, -0.25) is 4.79 Å². The Morgan fingerprint density at radius 2 is 2.13 bits per heavy atom. The highest BCUT2D eigenvalue weighted by atomic mass is 32.1. The second kappa shape index (κ2) is 5.72. The number of aromatic nitrogens is 3. The number of nitrogens with zero attached hydrogens (tertiary/aromatic N) is 4. The van der Waals surface area contributed by atoms with Crippen molar-refractivity contribution in [1.29, 1.82) is 0 Å². The van der Waals surface area contributed by atoms with E-state index in [-0.39, 0.29) is 5.91 Å². The average molecular weight is 346 g/mol. The minimum atomic E-state index is 0.187. The van der Waals surface area contributed by atoms with Gasteiger partial charge in [-0.1, -0.05) is 0 Å². The van der Waals surface area contributed by atoms with E-state index >= 15 is 0 Å². The van der Waals surface area contributed by atoms with Crippen molar-refractivity contribution in [2.45, 2.75) is 25.7 Å². The topological polar surface area (TPSA) is 51.0 Å². The van der Waals surface area contributed by atoms with Gasteiger partial charge >= 0.3 is 0 Å². The van der Waals surface area contributed by atoms with Gasteiger partial charge in [0.1, 0.15) is 12.2 Å². The molecule has 1 aliphatic rings. The molecule has 0 atom stereocenters. The molecule has 1 aliphatic heterocycles. The SMILES string of the molecule is Cc1c(C(=O)N2CCC(c3nncn3C)CC2)sc2ccsc12. The van der Waals surface area contributed by atoms with E-state index in [2.05, 4.69) is 28.6 Å². The van der Waals surface area contributed by atoms with Gasteiger partial charge in [0.15, 0.2) is 0 Å². The minimum Gasteiger partial charge on any atom is -0.338 e. The van der Waals surface area contributed by atoms with Crippen molar-refractivity contribution in [3.8, 4) is 0 Å². The molecule has 7 heteroatoms. The first kappa shape index (κ1) is 14.8. The standard InChI is InChI=1S/C16H18N4OS2/c1-10-13-12(5-8-22-13)23-14(10)16(21)20-6-3-11(4-7-20)15-18-17-9-19(15)2/h5,8-9,11H,3-4,6-7H2,1-2H3. The summed E-state index contributed by atoms with van der Waals surface area (Å²) < 4.78 is 4.47. The van der Waals surface area contributed by atoms with E-state index in [9.17, 15) is 4.79 Å². The lowest BCUT2D eigenvalue weighted by molar-refractivity contribution is 0.0715. The van der Waals surface area contributed by atoms with Crippen molar-refractivity contribution in [1.82, 2.24) is 19.7 Å². The van der Waals surface area contributed by atoms with Gasteiger partial charge in [0, 0.05) is 35.5 Å². The fourth-order valence-electron chi connectivity index (χ4n) is 3.29. The van der Waals surface area contributed by atoms with Crippen molar-refractivity contribution < 1.29 is 4.79 Å². The predicted octanol–water partition coefficient (Wildman–Crippen LogP) is 3.42. The van der Waals surface area contributed by atoms with Gasteiger partial charge in [-0.15, -0.1) is 32.9 Å². The first-order valence-electron chi connectivity index (χ1n) is 7.75. The molecule has 1 fully saturated rings. The largest absolute Gasteiger partial charge is 0.338 e. The maximum atomic E-state index is 12.9. The highest BCUT2D eigenvalue weighted by Crippen LogP contribution is 2.36. The molecule has 0 N–H and O–H groups in total. The van der Waals surface area contributed by atoms with E-state index in [1.165, 1.54) is 9.40 Å². The molecule has 120 valence electrons. The predicted molar refractivity (Wildman–Crippen MR) is 93.3 cm³/mol. The number of amides is 1. The van der Waals surface area contributed by atoms with Gasteiger partial charge in [0.05, 0.1) is 4.88 Å². The van der Waals surface area contributed by atoms with E-state index in [0.717, 1.165) is 42.2 Å². The third-order valence-electron chi connectivity index (χ3n) is 4.61. The van der Waals surface area contributed by atoms with Crippen LogP contribution in [0.4, 0.5) is 0 Å². The molecule has 4 heterocycles. The number of hydrogen-bond acceptors (Lipinski definition) is 5. The lowest BCUT2D eigenvalue weighted by Crippen LogP contribution is -2.38. The third kappa shape index (κ3) is 2.48. The summed E-state index contributed by atoms with van der Waals surface area (Å²) in [5.74, 6) is 1.62. The monoisotopic (exact) mass is 346 g/mol. The number of rotatable bonds is 2. The number of fused-ring (bicyclic) bond motifs is 1. The van der Waals surface area contributed by atoms with Crippen molar-refractivity contribution >= 4 is 38.0 Å². The van der Waals surface area contributed by atoms with Crippen LogP contribution < -0.4 is 0 Å². The highest BCUT2D eigenvalue weighted by Gasteiger charge is 2.28. The van der Waals surface area contributed by atoms with Crippen LogP contribution in [-0.2, 0) is 7.05 Å². The molecule has 0 aromatic carbocycles. The molecule has 23 heavy (non-hydrogen) atoms. The Bertz CT molecular complexity index is 855. The summed E-state index contributed by atoms with van der Waals surface area (Å²) in [7, 11) is 1.98.